The maximum Gasteiger partial charge on any atom is 0.335 e. The largest absolute Gasteiger partial charge is 0.468 e. The van der Waals surface area contributed by atoms with Crippen molar-refractivity contribution in [1.29, 1.82) is 0 Å². The van der Waals surface area contributed by atoms with Crippen molar-refractivity contribution in [2.24, 2.45) is 0 Å². The van der Waals surface area contributed by atoms with E-state index >= 15 is 0 Å². The molecule has 1 rings (SSSR count). The van der Waals surface area contributed by atoms with Crippen molar-refractivity contribution in [2.75, 3.05) is 13.2 Å². The first-order chi connectivity index (χ1) is 6.24. The molecule has 0 saturated carbocycles. The van der Waals surface area contributed by atoms with E-state index in [9.17, 15) is 4.79 Å². The third-order valence-corrected chi connectivity index (χ3v) is 1.79. The Morgan fingerprint density at radius 2 is 2.54 bits per heavy atom. The highest BCUT2D eigenvalue weighted by Crippen LogP contribution is 2.12. The van der Waals surface area contributed by atoms with Crippen LogP contribution in [0.25, 0.3) is 4.85 Å². The summed E-state index contributed by atoms with van der Waals surface area (Å²) in [5, 5.41) is 0. The molecule has 0 radical (unpaired) electrons. The Morgan fingerprint density at radius 1 is 1.77 bits per heavy atom. The predicted octanol–water partition coefficient (Wildman–Crippen LogP) is 1.14. The molecule has 1 heterocycles. The summed E-state index contributed by atoms with van der Waals surface area (Å²) in [6.07, 6.45) is 1.92. The summed E-state index contributed by atoms with van der Waals surface area (Å²) in [5.74, 6) is -0.648. The minimum Gasteiger partial charge on any atom is -0.468 e. The number of carbonyl (C=O) groups is 1. The zero-order valence-corrected chi connectivity index (χ0v) is 7.28. The van der Waals surface area contributed by atoms with E-state index in [1.807, 2.05) is 0 Å². The molecule has 1 saturated heterocycles. The van der Waals surface area contributed by atoms with E-state index in [-0.39, 0.29) is 18.4 Å². The van der Waals surface area contributed by atoms with Gasteiger partial charge in [0.15, 0.2) is 0 Å². The number of nitrogens with zero attached hydrogens (tertiary/aromatic N) is 1. The van der Waals surface area contributed by atoms with Gasteiger partial charge >= 0.3 is 5.97 Å². The highest BCUT2D eigenvalue weighted by Gasteiger charge is 2.18. The lowest BCUT2D eigenvalue weighted by Crippen LogP contribution is -2.17. The Labute approximate surface area is 77.0 Å². The molecule has 1 aliphatic heterocycles. The van der Waals surface area contributed by atoms with Crippen molar-refractivity contribution >= 4 is 5.97 Å². The molecule has 0 spiro atoms. The van der Waals surface area contributed by atoms with Gasteiger partial charge < -0.3 is 9.47 Å². The molecule has 70 valence electrons. The predicted molar refractivity (Wildman–Crippen MR) is 45.7 cm³/mol. The number of hydrogen-bond acceptors (Lipinski definition) is 3. The maximum atomic E-state index is 10.9. The highest BCUT2D eigenvalue weighted by atomic mass is 16.6. The second-order valence-corrected chi connectivity index (χ2v) is 2.79. The lowest BCUT2D eigenvalue weighted by molar-refractivity contribution is -0.141. The maximum absolute atomic E-state index is 10.9. The van der Waals surface area contributed by atoms with Crippen molar-refractivity contribution in [3.8, 4) is 0 Å². The third kappa shape index (κ3) is 2.88. The van der Waals surface area contributed by atoms with E-state index in [2.05, 4.69) is 11.4 Å². The van der Waals surface area contributed by atoms with Crippen molar-refractivity contribution < 1.29 is 14.3 Å². The lowest BCUT2D eigenvalue weighted by Gasteiger charge is -2.08. The van der Waals surface area contributed by atoms with Crippen LogP contribution in [0.4, 0.5) is 0 Å². The summed E-state index contributed by atoms with van der Waals surface area (Å²) in [4.78, 5) is 13.8. The molecule has 0 bridgehead atoms. The minimum atomic E-state index is -0.648. The zero-order valence-electron chi connectivity index (χ0n) is 7.28. The van der Waals surface area contributed by atoms with Crippen LogP contribution >= 0.6 is 0 Å². The second kappa shape index (κ2) is 4.63. The first kappa shape index (κ1) is 9.75. The van der Waals surface area contributed by atoms with Gasteiger partial charge in [0.2, 0.25) is 0 Å². The number of rotatable bonds is 3. The molecule has 1 aliphatic rings. The van der Waals surface area contributed by atoms with Gasteiger partial charge in [0.25, 0.3) is 5.70 Å². The van der Waals surface area contributed by atoms with Crippen molar-refractivity contribution in [2.45, 2.75) is 18.9 Å². The SMILES string of the molecule is [C-]#[N+]C(=C)C(=O)OCC1CCCO1. The minimum absolute atomic E-state index is 0.00230. The van der Waals surface area contributed by atoms with Crippen LogP contribution < -0.4 is 0 Å². The Morgan fingerprint density at radius 3 is 3.08 bits per heavy atom. The summed E-state index contributed by atoms with van der Waals surface area (Å²) < 4.78 is 10.0. The Bertz CT molecular complexity index is 248. The van der Waals surface area contributed by atoms with Gasteiger partial charge in [-0.3, -0.25) is 4.79 Å². The average Bonchev–Trinajstić information content (AvgIpc) is 2.65. The van der Waals surface area contributed by atoms with Gasteiger partial charge in [-0.1, -0.05) is 6.58 Å². The fourth-order valence-electron chi connectivity index (χ4n) is 1.07. The van der Waals surface area contributed by atoms with E-state index in [1.54, 1.807) is 0 Å². The van der Waals surface area contributed by atoms with Crippen LogP contribution in [-0.2, 0) is 14.3 Å². The smallest absolute Gasteiger partial charge is 0.335 e. The molecule has 4 nitrogen and oxygen atoms in total. The number of ether oxygens (including phenoxy) is 2. The molecule has 0 aromatic heterocycles. The van der Waals surface area contributed by atoms with E-state index in [1.165, 1.54) is 0 Å². The van der Waals surface area contributed by atoms with Gasteiger partial charge in [0, 0.05) is 6.61 Å². The average molecular weight is 181 g/mol. The monoisotopic (exact) mass is 181 g/mol. The van der Waals surface area contributed by atoms with Crippen molar-refractivity contribution in [3.63, 3.8) is 0 Å². The van der Waals surface area contributed by atoms with Gasteiger partial charge in [-0.05, 0) is 12.8 Å². The molecule has 1 unspecified atom stereocenters. The quantitative estimate of drug-likeness (QED) is 0.372. The summed E-state index contributed by atoms with van der Waals surface area (Å²) in [7, 11) is 0. The Kier molecular flexibility index (Phi) is 3.47. The number of carbonyl (C=O) groups excluding carboxylic acids is 1. The summed E-state index contributed by atoms with van der Waals surface area (Å²) in [5.41, 5.74) is -0.182. The van der Waals surface area contributed by atoms with Crippen LogP contribution in [-0.4, -0.2) is 25.3 Å². The molecular formula is C9H11NO3. The molecule has 1 fully saturated rings. The van der Waals surface area contributed by atoms with Gasteiger partial charge in [-0.15, -0.1) is 0 Å². The Hall–Kier alpha value is -1.34. The normalized spacial score (nSPS) is 20.7. The van der Waals surface area contributed by atoms with Crippen LogP contribution in [0, 0.1) is 6.57 Å². The first-order valence-corrected chi connectivity index (χ1v) is 4.09. The fraction of sp³-hybridized carbons (Fsp3) is 0.556. The van der Waals surface area contributed by atoms with E-state index < -0.39 is 5.97 Å². The van der Waals surface area contributed by atoms with Crippen LogP contribution in [0.1, 0.15) is 12.8 Å². The summed E-state index contributed by atoms with van der Waals surface area (Å²) >= 11 is 0. The van der Waals surface area contributed by atoms with Crippen LogP contribution in [0.2, 0.25) is 0 Å². The molecule has 0 amide bonds. The highest BCUT2D eigenvalue weighted by molar-refractivity contribution is 5.89. The van der Waals surface area contributed by atoms with Crippen LogP contribution in [0.15, 0.2) is 12.3 Å². The summed E-state index contributed by atoms with van der Waals surface area (Å²) in [6.45, 7) is 10.7. The lowest BCUT2D eigenvalue weighted by atomic mass is 10.2. The van der Waals surface area contributed by atoms with Crippen molar-refractivity contribution in [3.05, 3.63) is 23.7 Å². The van der Waals surface area contributed by atoms with E-state index in [0.717, 1.165) is 19.4 Å². The third-order valence-electron chi connectivity index (χ3n) is 1.79. The van der Waals surface area contributed by atoms with Gasteiger partial charge in [-0.25, -0.2) is 4.85 Å². The number of esters is 1. The zero-order chi connectivity index (χ0) is 9.68. The molecule has 0 N–H and O–H groups in total. The molecule has 13 heavy (non-hydrogen) atoms. The second-order valence-electron chi connectivity index (χ2n) is 2.79. The number of hydrogen-bond donors (Lipinski definition) is 0. The standard InChI is InChI=1S/C9H11NO3/c1-7(10-2)9(11)13-6-8-4-3-5-12-8/h8H,1,3-6H2. The molecule has 4 heteroatoms. The molecule has 0 aromatic carbocycles. The fourth-order valence-corrected chi connectivity index (χ4v) is 1.07. The topological polar surface area (TPSA) is 39.9 Å². The van der Waals surface area contributed by atoms with E-state index in [0.29, 0.717) is 0 Å². The van der Waals surface area contributed by atoms with Crippen LogP contribution in [0.3, 0.4) is 0 Å². The van der Waals surface area contributed by atoms with Gasteiger partial charge in [-0.2, -0.15) is 0 Å². The van der Waals surface area contributed by atoms with Crippen molar-refractivity contribution in [1.82, 2.24) is 0 Å². The Balaban J connectivity index is 2.22. The molecule has 1 atom stereocenters. The first-order valence-electron chi connectivity index (χ1n) is 4.09. The molecule has 0 aliphatic carbocycles. The summed E-state index contributed by atoms with van der Waals surface area (Å²) in [6, 6.07) is 0. The van der Waals surface area contributed by atoms with E-state index in [4.69, 9.17) is 16.0 Å². The molecule has 0 aromatic rings. The van der Waals surface area contributed by atoms with Crippen LogP contribution in [0.5, 0.6) is 0 Å². The molecular weight excluding hydrogens is 170 g/mol. The van der Waals surface area contributed by atoms with Gasteiger partial charge in [0.05, 0.1) is 12.7 Å². The van der Waals surface area contributed by atoms with Gasteiger partial charge in [0.1, 0.15) is 6.61 Å².